The number of hydrogen-bond acceptors (Lipinski definition) is 10. The number of benzene rings is 6. The van der Waals surface area contributed by atoms with Crippen LogP contribution in [0, 0.1) is 0 Å². The third kappa shape index (κ3) is 8.73. The number of rotatable bonds is 12. The molecule has 16 heteroatoms. The molecule has 0 radical (unpaired) electrons. The normalized spacial score (nSPS) is 12.2. The molecule has 6 rings (SSSR count). The maximum Gasteiger partial charge on any atom is 0.294 e. The van der Waals surface area contributed by atoms with Crippen molar-refractivity contribution in [2.24, 2.45) is 0 Å². The monoisotopic (exact) mass is 773 g/mol. The predicted octanol–water partition coefficient (Wildman–Crippen LogP) is 6.94. The second kappa shape index (κ2) is 14.4. The summed E-state index contributed by atoms with van der Waals surface area (Å²) in [5.74, 6) is 0. The van der Waals surface area contributed by atoms with Gasteiger partial charge in [0.25, 0.3) is 30.4 Å². The summed E-state index contributed by atoms with van der Waals surface area (Å²) in [6, 6.07) is 37.2. The zero-order valence-electron chi connectivity index (χ0n) is 27.3. The Bertz CT molecular complexity index is 2330. The molecular weight excluding hydrogens is 743 g/mol. The standard InChI is InChI=1S/C37H31N3O10S3/c41-37(25-10-16-28(17-11-25)38-31-4-1-7-34(22-31)51(42,43)44,26-12-18-29(19-13-26)39-32-5-2-8-35(23-32)52(45,46)47)27-14-20-30(21-15-27)40-33-6-3-9-36(24-33)53(48,49)50/h1-24,38-41H,(H,42,43,44)(H,45,46,47)(H,48,49,50). The molecule has 0 aliphatic heterocycles. The predicted molar refractivity (Wildman–Crippen MR) is 200 cm³/mol. The molecule has 0 fully saturated rings. The molecule has 0 heterocycles. The number of anilines is 6. The first-order chi connectivity index (χ1) is 25.0. The maximum atomic E-state index is 12.6. The van der Waals surface area contributed by atoms with Gasteiger partial charge in [0, 0.05) is 34.1 Å². The molecule has 0 unspecified atom stereocenters. The Balaban J connectivity index is 1.33. The van der Waals surface area contributed by atoms with Crippen LogP contribution in [0.25, 0.3) is 0 Å². The largest absolute Gasteiger partial charge is 0.376 e. The highest BCUT2D eigenvalue weighted by Gasteiger charge is 2.34. The van der Waals surface area contributed by atoms with E-state index in [4.69, 9.17) is 0 Å². The van der Waals surface area contributed by atoms with Crippen molar-refractivity contribution in [1.82, 2.24) is 0 Å². The molecular formula is C37H31N3O10S3. The fourth-order valence-electron chi connectivity index (χ4n) is 5.59. The third-order valence-corrected chi connectivity index (χ3v) is 10.7. The Morgan fingerprint density at radius 2 is 0.604 bits per heavy atom. The minimum atomic E-state index is -4.41. The van der Waals surface area contributed by atoms with Gasteiger partial charge in [-0.1, -0.05) is 54.6 Å². The van der Waals surface area contributed by atoms with Gasteiger partial charge in [0.15, 0.2) is 0 Å². The van der Waals surface area contributed by atoms with Crippen LogP contribution in [0.5, 0.6) is 0 Å². The van der Waals surface area contributed by atoms with Crippen LogP contribution < -0.4 is 16.0 Å². The second-order valence-electron chi connectivity index (χ2n) is 11.8. The first-order valence-corrected chi connectivity index (χ1v) is 19.9. The van der Waals surface area contributed by atoms with Crippen LogP contribution in [-0.4, -0.2) is 44.0 Å². The van der Waals surface area contributed by atoms with E-state index in [0.29, 0.717) is 50.8 Å². The Morgan fingerprint density at radius 3 is 0.830 bits per heavy atom. The summed E-state index contributed by atoms with van der Waals surface area (Å²) in [6.07, 6.45) is 0. The minimum absolute atomic E-state index is 0.276. The Labute approximate surface area is 305 Å². The Kier molecular flexibility index (Phi) is 10.1. The lowest BCUT2D eigenvalue weighted by molar-refractivity contribution is 0.126. The molecule has 0 aliphatic rings. The van der Waals surface area contributed by atoms with E-state index >= 15 is 0 Å². The number of hydrogen-bond donors (Lipinski definition) is 7. The molecule has 0 aliphatic carbocycles. The van der Waals surface area contributed by atoms with E-state index in [-0.39, 0.29) is 14.7 Å². The van der Waals surface area contributed by atoms with E-state index in [1.807, 2.05) is 0 Å². The zero-order valence-corrected chi connectivity index (χ0v) is 29.8. The Morgan fingerprint density at radius 1 is 0.358 bits per heavy atom. The quantitative estimate of drug-likeness (QED) is 0.0496. The first kappa shape index (κ1) is 37.2. The highest BCUT2D eigenvalue weighted by Crippen LogP contribution is 2.39. The highest BCUT2D eigenvalue weighted by molar-refractivity contribution is 7.86. The first-order valence-electron chi connectivity index (χ1n) is 15.6. The van der Waals surface area contributed by atoms with Crippen molar-refractivity contribution in [2.75, 3.05) is 16.0 Å². The van der Waals surface area contributed by atoms with Crippen molar-refractivity contribution in [2.45, 2.75) is 20.3 Å². The van der Waals surface area contributed by atoms with Crippen LogP contribution in [0.2, 0.25) is 0 Å². The summed E-state index contributed by atoms with van der Waals surface area (Å²) in [4.78, 5) is -0.829. The van der Waals surface area contributed by atoms with Crippen LogP contribution in [0.3, 0.4) is 0 Å². The molecule has 53 heavy (non-hydrogen) atoms. The number of nitrogens with one attached hydrogen (secondary N) is 3. The summed E-state index contributed by atoms with van der Waals surface area (Å²) in [5.41, 5.74) is 2.51. The van der Waals surface area contributed by atoms with Gasteiger partial charge in [-0.05, 0) is 108 Å². The molecule has 0 saturated carbocycles. The topological polar surface area (TPSA) is 219 Å². The van der Waals surface area contributed by atoms with Gasteiger partial charge in [0.2, 0.25) is 0 Å². The second-order valence-corrected chi connectivity index (χ2v) is 16.1. The lowest BCUT2D eigenvalue weighted by Gasteiger charge is -2.31. The molecule has 0 bridgehead atoms. The van der Waals surface area contributed by atoms with Crippen molar-refractivity contribution in [3.8, 4) is 0 Å². The van der Waals surface area contributed by atoms with Crippen molar-refractivity contribution >= 4 is 64.5 Å². The van der Waals surface area contributed by atoms with Crippen molar-refractivity contribution in [1.29, 1.82) is 0 Å². The molecule has 13 nitrogen and oxygen atoms in total. The summed E-state index contributed by atoms with van der Waals surface area (Å²) >= 11 is 0. The molecule has 0 saturated heterocycles. The summed E-state index contributed by atoms with van der Waals surface area (Å²) in [5, 5.41) is 21.8. The van der Waals surface area contributed by atoms with Crippen LogP contribution in [-0.2, 0) is 36.0 Å². The summed E-state index contributed by atoms with van der Waals surface area (Å²) in [7, 11) is -13.2. The lowest BCUT2D eigenvalue weighted by atomic mass is 9.80. The van der Waals surface area contributed by atoms with Crippen LogP contribution >= 0.6 is 0 Å². The molecule has 0 atom stereocenters. The molecule has 0 spiro atoms. The molecule has 272 valence electrons. The smallest absolute Gasteiger partial charge is 0.294 e. The summed E-state index contributed by atoms with van der Waals surface area (Å²) in [6.45, 7) is 0. The van der Waals surface area contributed by atoms with Crippen molar-refractivity contribution < 1.29 is 44.0 Å². The average Bonchev–Trinajstić information content (AvgIpc) is 3.12. The zero-order chi connectivity index (χ0) is 38.0. The average molecular weight is 774 g/mol. The summed E-state index contributed by atoms with van der Waals surface area (Å²) < 4.78 is 98.0. The van der Waals surface area contributed by atoms with E-state index < -0.39 is 36.0 Å². The van der Waals surface area contributed by atoms with E-state index in [1.54, 1.807) is 91.0 Å². The minimum Gasteiger partial charge on any atom is -0.376 e. The van der Waals surface area contributed by atoms with Gasteiger partial charge in [-0.2, -0.15) is 25.3 Å². The fraction of sp³-hybridized carbons (Fsp3) is 0.0270. The molecule has 0 amide bonds. The van der Waals surface area contributed by atoms with Gasteiger partial charge in [0.1, 0.15) is 5.60 Å². The van der Waals surface area contributed by atoms with Gasteiger partial charge >= 0.3 is 0 Å². The van der Waals surface area contributed by atoms with E-state index in [9.17, 15) is 44.0 Å². The maximum absolute atomic E-state index is 12.6. The van der Waals surface area contributed by atoms with Gasteiger partial charge < -0.3 is 21.1 Å². The van der Waals surface area contributed by atoms with Crippen LogP contribution in [0.4, 0.5) is 34.1 Å². The molecule has 7 N–H and O–H groups in total. The SMILES string of the molecule is O=S(=O)(O)c1cccc(Nc2ccc(C(O)(c3ccc(Nc4cccc(S(=O)(=O)O)c4)cc3)c3ccc(Nc4cccc(S(=O)(=O)O)c4)cc3)cc2)c1. The van der Waals surface area contributed by atoms with Crippen LogP contribution in [0.15, 0.2) is 160 Å². The van der Waals surface area contributed by atoms with Crippen molar-refractivity contribution in [3.63, 3.8) is 0 Å². The van der Waals surface area contributed by atoms with Crippen LogP contribution in [0.1, 0.15) is 16.7 Å². The van der Waals surface area contributed by atoms with Gasteiger partial charge in [-0.25, -0.2) is 0 Å². The van der Waals surface area contributed by atoms with E-state index in [0.717, 1.165) is 0 Å². The Hall–Kier alpha value is -5.59. The third-order valence-electron chi connectivity index (χ3n) is 8.17. The van der Waals surface area contributed by atoms with Gasteiger partial charge in [-0.15, -0.1) is 0 Å². The molecule has 6 aromatic carbocycles. The van der Waals surface area contributed by atoms with Crippen molar-refractivity contribution in [3.05, 3.63) is 162 Å². The fourth-order valence-corrected chi connectivity index (χ4v) is 7.17. The lowest BCUT2D eigenvalue weighted by Crippen LogP contribution is -2.28. The van der Waals surface area contributed by atoms with E-state index in [1.165, 1.54) is 54.6 Å². The molecule has 6 aromatic rings. The highest BCUT2D eigenvalue weighted by atomic mass is 32.2. The van der Waals surface area contributed by atoms with Gasteiger partial charge in [0.05, 0.1) is 14.7 Å². The van der Waals surface area contributed by atoms with Gasteiger partial charge in [-0.3, -0.25) is 13.7 Å². The van der Waals surface area contributed by atoms with E-state index in [2.05, 4.69) is 16.0 Å². The molecule has 0 aromatic heterocycles. The number of aliphatic hydroxyl groups is 1.